The molecule has 88 valence electrons. The van der Waals surface area contributed by atoms with Gasteiger partial charge in [-0.15, -0.1) is 0 Å². The number of rotatable bonds is 1. The number of anilines is 2. The Morgan fingerprint density at radius 3 is 2.50 bits per heavy atom. The van der Waals surface area contributed by atoms with Gasteiger partial charge in [0.1, 0.15) is 0 Å². The van der Waals surface area contributed by atoms with Gasteiger partial charge in [0.2, 0.25) is 5.91 Å². The molecule has 1 aliphatic heterocycles. The van der Waals surface area contributed by atoms with Crippen LogP contribution in [0.2, 0.25) is 0 Å². The SMILES string of the molecule is Cc1nn(C)c(N2CCN(C)C(=O)C2)c1N. The fourth-order valence-electron chi connectivity index (χ4n) is 1.98. The Kier molecular flexibility index (Phi) is 2.49. The van der Waals surface area contributed by atoms with Crippen LogP contribution in [0.4, 0.5) is 11.5 Å². The lowest BCUT2D eigenvalue weighted by Gasteiger charge is -2.33. The van der Waals surface area contributed by atoms with Crippen molar-refractivity contribution in [1.82, 2.24) is 14.7 Å². The normalized spacial score (nSPS) is 17.1. The van der Waals surface area contributed by atoms with Crippen LogP contribution >= 0.6 is 0 Å². The Bertz CT molecular complexity index is 425. The zero-order valence-electron chi connectivity index (χ0n) is 9.90. The summed E-state index contributed by atoms with van der Waals surface area (Å²) in [5, 5.41) is 4.25. The Labute approximate surface area is 94.6 Å². The van der Waals surface area contributed by atoms with Gasteiger partial charge in [0.15, 0.2) is 5.82 Å². The van der Waals surface area contributed by atoms with Gasteiger partial charge in [-0.1, -0.05) is 0 Å². The maximum Gasteiger partial charge on any atom is 0.241 e. The molecule has 1 fully saturated rings. The molecule has 0 aromatic carbocycles. The van der Waals surface area contributed by atoms with Crippen molar-refractivity contribution in [1.29, 1.82) is 0 Å². The van der Waals surface area contributed by atoms with Gasteiger partial charge in [0, 0.05) is 27.2 Å². The van der Waals surface area contributed by atoms with Gasteiger partial charge in [0.05, 0.1) is 17.9 Å². The van der Waals surface area contributed by atoms with E-state index in [4.69, 9.17) is 5.73 Å². The number of likely N-dealkylation sites (N-methyl/N-ethyl adjacent to an activating group) is 1. The summed E-state index contributed by atoms with van der Waals surface area (Å²) in [4.78, 5) is 15.3. The minimum atomic E-state index is 0.115. The lowest BCUT2D eigenvalue weighted by atomic mass is 10.3. The average Bonchev–Trinajstić information content (AvgIpc) is 2.47. The Morgan fingerprint density at radius 1 is 1.31 bits per heavy atom. The first-order valence-corrected chi connectivity index (χ1v) is 5.28. The molecule has 1 aromatic heterocycles. The molecule has 2 heterocycles. The number of nitrogens with zero attached hydrogens (tertiary/aromatic N) is 4. The highest BCUT2D eigenvalue weighted by Crippen LogP contribution is 2.26. The smallest absolute Gasteiger partial charge is 0.241 e. The first-order valence-electron chi connectivity index (χ1n) is 5.28. The molecule has 6 nitrogen and oxygen atoms in total. The summed E-state index contributed by atoms with van der Waals surface area (Å²) < 4.78 is 1.74. The second-order valence-electron chi connectivity index (χ2n) is 4.18. The summed E-state index contributed by atoms with van der Waals surface area (Å²) in [5.74, 6) is 0.962. The van der Waals surface area contributed by atoms with Crippen LogP contribution in [0.3, 0.4) is 0 Å². The highest BCUT2D eigenvalue weighted by molar-refractivity contribution is 5.83. The average molecular weight is 223 g/mol. The second kappa shape index (κ2) is 3.70. The fourth-order valence-corrected chi connectivity index (χ4v) is 1.98. The van der Waals surface area contributed by atoms with Gasteiger partial charge in [-0.05, 0) is 6.92 Å². The molecule has 2 N–H and O–H groups in total. The second-order valence-corrected chi connectivity index (χ2v) is 4.18. The summed E-state index contributed by atoms with van der Waals surface area (Å²) in [6.07, 6.45) is 0. The molecule has 16 heavy (non-hydrogen) atoms. The highest BCUT2D eigenvalue weighted by Gasteiger charge is 2.25. The molecule has 1 saturated heterocycles. The number of nitrogen functional groups attached to an aromatic ring is 1. The number of aryl methyl sites for hydroxylation is 2. The van der Waals surface area contributed by atoms with E-state index in [1.807, 2.05) is 25.9 Å². The van der Waals surface area contributed by atoms with Gasteiger partial charge in [-0.25, -0.2) is 0 Å². The summed E-state index contributed by atoms with van der Waals surface area (Å²) in [7, 11) is 3.67. The molecule has 0 unspecified atom stereocenters. The van der Waals surface area contributed by atoms with Crippen molar-refractivity contribution >= 4 is 17.4 Å². The lowest BCUT2D eigenvalue weighted by molar-refractivity contribution is -0.129. The predicted octanol–water partition coefficient (Wildman–Crippen LogP) is -0.411. The summed E-state index contributed by atoms with van der Waals surface area (Å²) in [6, 6.07) is 0. The van der Waals surface area contributed by atoms with Crippen molar-refractivity contribution in [3.63, 3.8) is 0 Å². The summed E-state index contributed by atoms with van der Waals surface area (Å²) in [6.45, 7) is 3.77. The van der Waals surface area contributed by atoms with E-state index in [0.717, 1.165) is 24.6 Å². The third kappa shape index (κ3) is 1.60. The zero-order valence-corrected chi connectivity index (χ0v) is 9.90. The number of carbonyl (C=O) groups excluding carboxylic acids is 1. The van der Waals surface area contributed by atoms with E-state index in [-0.39, 0.29) is 5.91 Å². The molecule has 1 aromatic rings. The van der Waals surface area contributed by atoms with Crippen molar-refractivity contribution in [2.45, 2.75) is 6.92 Å². The molecule has 1 amide bonds. The number of amides is 1. The first kappa shape index (κ1) is 10.8. The molecule has 2 rings (SSSR count). The van der Waals surface area contributed by atoms with Crippen LogP contribution in [0.5, 0.6) is 0 Å². The molecular weight excluding hydrogens is 206 g/mol. The number of aromatic nitrogens is 2. The van der Waals surface area contributed by atoms with Crippen LogP contribution < -0.4 is 10.6 Å². The number of hydrogen-bond donors (Lipinski definition) is 1. The van der Waals surface area contributed by atoms with E-state index in [2.05, 4.69) is 5.10 Å². The predicted molar refractivity (Wildman–Crippen MR) is 62.2 cm³/mol. The minimum Gasteiger partial charge on any atom is -0.394 e. The standard InChI is InChI=1S/C10H17N5O/c1-7-9(11)10(14(3)12-7)15-5-4-13(2)8(16)6-15/h4-6,11H2,1-3H3. The van der Waals surface area contributed by atoms with Crippen molar-refractivity contribution in [3.05, 3.63) is 5.69 Å². The molecule has 1 aliphatic rings. The van der Waals surface area contributed by atoms with Crippen LogP contribution in [-0.4, -0.2) is 47.3 Å². The minimum absolute atomic E-state index is 0.115. The molecule has 0 spiro atoms. The van der Waals surface area contributed by atoms with E-state index in [1.54, 1.807) is 9.58 Å². The van der Waals surface area contributed by atoms with Crippen LogP contribution in [0.25, 0.3) is 0 Å². The van der Waals surface area contributed by atoms with Crippen LogP contribution in [0.1, 0.15) is 5.69 Å². The maximum absolute atomic E-state index is 11.6. The topological polar surface area (TPSA) is 67.4 Å². The third-order valence-electron chi connectivity index (χ3n) is 2.99. The molecule has 0 saturated carbocycles. The van der Waals surface area contributed by atoms with Gasteiger partial charge < -0.3 is 15.5 Å². The molecule has 0 atom stereocenters. The third-order valence-corrected chi connectivity index (χ3v) is 2.99. The number of nitrogens with two attached hydrogens (primary N) is 1. The van der Waals surface area contributed by atoms with Crippen molar-refractivity contribution < 1.29 is 4.79 Å². The Morgan fingerprint density at radius 2 is 2.00 bits per heavy atom. The van der Waals surface area contributed by atoms with E-state index in [0.29, 0.717) is 12.2 Å². The van der Waals surface area contributed by atoms with Crippen LogP contribution in [-0.2, 0) is 11.8 Å². The highest BCUT2D eigenvalue weighted by atomic mass is 16.2. The summed E-state index contributed by atoms with van der Waals surface area (Å²) in [5.41, 5.74) is 7.44. The number of hydrogen-bond acceptors (Lipinski definition) is 4. The zero-order chi connectivity index (χ0) is 11.9. The van der Waals surface area contributed by atoms with Crippen molar-refractivity contribution in [3.8, 4) is 0 Å². The van der Waals surface area contributed by atoms with Gasteiger partial charge in [-0.3, -0.25) is 9.48 Å². The van der Waals surface area contributed by atoms with Crippen LogP contribution in [0.15, 0.2) is 0 Å². The largest absolute Gasteiger partial charge is 0.394 e. The van der Waals surface area contributed by atoms with E-state index < -0.39 is 0 Å². The maximum atomic E-state index is 11.6. The Hall–Kier alpha value is -1.72. The van der Waals surface area contributed by atoms with E-state index in [9.17, 15) is 4.79 Å². The Balaban J connectivity index is 2.28. The quantitative estimate of drug-likeness (QED) is 0.702. The molecule has 0 bridgehead atoms. The lowest BCUT2D eigenvalue weighted by Crippen LogP contribution is -2.49. The number of carbonyl (C=O) groups is 1. The van der Waals surface area contributed by atoms with E-state index in [1.165, 1.54) is 0 Å². The monoisotopic (exact) mass is 223 g/mol. The van der Waals surface area contributed by atoms with Gasteiger partial charge in [0.25, 0.3) is 0 Å². The molecule has 0 aliphatic carbocycles. The van der Waals surface area contributed by atoms with E-state index >= 15 is 0 Å². The number of piperazine rings is 1. The van der Waals surface area contributed by atoms with Gasteiger partial charge in [-0.2, -0.15) is 5.10 Å². The summed E-state index contributed by atoms with van der Waals surface area (Å²) >= 11 is 0. The molecule has 0 radical (unpaired) electrons. The van der Waals surface area contributed by atoms with Crippen molar-refractivity contribution in [2.75, 3.05) is 37.3 Å². The van der Waals surface area contributed by atoms with Gasteiger partial charge >= 0.3 is 0 Å². The van der Waals surface area contributed by atoms with Crippen molar-refractivity contribution in [2.24, 2.45) is 7.05 Å². The molecule has 6 heteroatoms. The fraction of sp³-hybridized carbons (Fsp3) is 0.600. The van der Waals surface area contributed by atoms with Crippen LogP contribution in [0, 0.1) is 6.92 Å². The molecular formula is C10H17N5O. The first-order chi connectivity index (χ1) is 7.50.